The monoisotopic (exact) mass is 510 g/mol. The fourth-order valence-corrected chi connectivity index (χ4v) is 5.32. The molecule has 0 amide bonds. The van der Waals surface area contributed by atoms with Gasteiger partial charge in [0, 0.05) is 32.7 Å². The molecule has 1 saturated heterocycles. The molecule has 7 nitrogen and oxygen atoms in total. The van der Waals surface area contributed by atoms with E-state index in [1.54, 1.807) is 37.4 Å². The summed E-state index contributed by atoms with van der Waals surface area (Å²) in [5.41, 5.74) is 2.67. The SMILES string of the molecule is C[C@@H]1CN(c2c(C#N)c(=O)n(C)c3ccc(C#N)nc23)CCN1C(c1ccc(F)cc1)c1cccc(F)c1. The van der Waals surface area contributed by atoms with E-state index in [9.17, 15) is 24.1 Å². The summed E-state index contributed by atoms with van der Waals surface area (Å²) in [6.07, 6.45) is 0. The van der Waals surface area contributed by atoms with Gasteiger partial charge < -0.3 is 9.47 Å². The number of benzene rings is 2. The number of nitrogens with zero attached hydrogens (tertiary/aromatic N) is 6. The number of halogens is 2. The molecular weight excluding hydrogens is 486 g/mol. The molecule has 4 aromatic rings. The Bertz CT molecular complexity index is 1670. The molecule has 2 aromatic heterocycles. The molecule has 1 aliphatic rings. The van der Waals surface area contributed by atoms with Crippen LogP contribution in [0.15, 0.2) is 65.5 Å². The number of aromatic nitrogens is 2. The summed E-state index contributed by atoms with van der Waals surface area (Å²) in [4.78, 5) is 21.7. The molecule has 0 saturated carbocycles. The summed E-state index contributed by atoms with van der Waals surface area (Å²) in [7, 11) is 1.58. The molecule has 0 aliphatic carbocycles. The molecule has 2 aromatic carbocycles. The highest BCUT2D eigenvalue weighted by Crippen LogP contribution is 2.35. The van der Waals surface area contributed by atoms with Crippen LogP contribution >= 0.6 is 0 Å². The smallest absolute Gasteiger partial charge is 0.270 e. The maximum Gasteiger partial charge on any atom is 0.270 e. The van der Waals surface area contributed by atoms with E-state index in [1.165, 1.54) is 28.8 Å². The number of aryl methyl sites for hydroxylation is 1. The van der Waals surface area contributed by atoms with Crippen molar-refractivity contribution < 1.29 is 8.78 Å². The van der Waals surface area contributed by atoms with Crippen molar-refractivity contribution in [2.45, 2.75) is 19.0 Å². The number of piperazine rings is 1. The number of fused-ring (bicyclic) bond motifs is 1. The predicted octanol–water partition coefficient (Wildman–Crippen LogP) is 4.26. The average Bonchev–Trinajstić information content (AvgIpc) is 2.92. The van der Waals surface area contributed by atoms with Crippen LogP contribution in [-0.2, 0) is 7.05 Å². The lowest BCUT2D eigenvalue weighted by Gasteiger charge is -2.45. The number of pyridine rings is 2. The van der Waals surface area contributed by atoms with Crippen LogP contribution in [0.4, 0.5) is 14.5 Å². The Morgan fingerprint density at radius 2 is 1.74 bits per heavy atom. The summed E-state index contributed by atoms with van der Waals surface area (Å²) in [5.74, 6) is -0.707. The zero-order valence-corrected chi connectivity index (χ0v) is 20.9. The maximum atomic E-state index is 14.2. The molecule has 3 heterocycles. The fraction of sp³-hybridized carbons (Fsp3) is 0.241. The first-order valence-corrected chi connectivity index (χ1v) is 12.2. The van der Waals surface area contributed by atoms with Crippen molar-refractivity contribution in [3.8, 4) is 12.1 Å². The molecule has 0 radical (unpaired) electrons. The van der Waals surface area contributed by atoms with Crippen molar-refractivity contribution in [2.24, 2.45) is 7.05 Å². The highest BCUT2D eigenvalue weighted by atomic mass is 19.1. The molecule has 9 heteroatoms. The van der Waals surface area contributed by atoms with Crippen LogP contribution in [0.3, 0.4) is 0 Å². The van der Waals surface area contributed by atoms with Crippen molar-refractivity contribution in [1.82, 2.24) is 14.5 Å². The number of hydrogen-bond donors (Lipinski definition) is 0. The second kappa shape index (κ2) is 10.0. The van der Waals surface area contributed by atoms with Gasteiger partial charge in [-0.3, -0.25) is 9.69 Å². The van der Waals surface area contributed by atoms with Crippen LogP contribution in [0.1, 0.15) is 35.3 Å². The van der Waals surface area contributed by atoms with E-state index in [2.05, 4.69) is 16.0 Å². The molecule has 5 rings (SSSR count). The van der Waals surface area contributed by atoms with Gasteiger partial charge in [0.1, 0.15) is 40.5 Å². The van der Waals surface area contributed by atoms with Crippen LogP contribution in [-0.4, -0.2) is 40.1 Å². The molecule has 0 N–H and O–H groups in total. The number of nitriles is 2. The van der Waals surface area contributed by atoms with Crippen LogP contribution in [0.25, 0.3) is 11.0 Å². The van der Waals surface area contributed by atoms with Crippen molar-refractivity contribution in [3.63, 3.8) is 0 Å². The van der Waals surface area contributed by atoms with Crippen molar-refractivity contribution >= 4 is 16.7 Å². The predicted molar refractivity (Wildman–Crippen MR) is 139 cm³/mol. The first kappa shape index (κ1) is 25.1. The third kappa shape index (κ3) is 4.38. The Hall–Kier alpha value is -4.60. The van der Waals surface area contributed by atoms with E-state index in [4.69, 9.17) is 0 Å². The van der Waals surface area contributed by atoms with E-state index >= 15 is 0 Å². The fourth-order valence-electron chi connectivity index (χ4n) is 5.32. The summed E-state index contributed by atoms with van der Waals surface area (Å²) in [6.45, 7) is 3.43. The van der Waals surface area contributed by atoms with E-state index in [0.29, 0.717) is 36.4 Å². The Balaban J connectivity index is 1.57. The third-order valence-electron chi connectivity index (χ3n) is 7.12. The minimum Gasteiger partial charge on any atom is -0.366 e. The van der Waals surface area contributed by atoms with Gasteiger partial charge in [0.15, 0.2) is 0 Å². The highest BCUT2D eigenvalue weighted by molar-refractivity contribution is 5.92. The number of hydrogen-bond acceptors (Lipinski definition) is 6. The Labute approximate surface area is 218 Å². The standard InChI is InChI=1S/C29H24F2N6O/c1-18-17-36(28-24(16-33)29(38)35(2)25-11-10-23(15-32)34-26(25)28)12-13-37(18)27(19-6-8-21(30)9-7-19)20-4-3-5-22(31)14-20/h3-11,14,18,27H,12-13,17H2,1-2H3/t18-,27?/m1/s1. The Kier molecular flexibility index (Phi) is 6.62. The molecule has 1 unspecified atom stereocenters. The first-order chi connectivity index (χ1) is 18.3. The quantitative estimate of drug-likeness (QED) is 0.408. The van der Waals surface area contributed by atoms with Gasteiger partial charge in [-0.2, -0.15) is 10.5 Å². The van der Waals surface area contributed by atoms with Crippen molar-refractivity contribution in [2.75, 3.05) is 24.5 Å². The largest absolute Gasteiger partial charge is 0.366 e. The van der Waals surface area contributed by atoms with Gasteiger partial charge in [-0.25, -0.2) is 13.8 Å². The van der Waals surface area contributed by atoms with Crippen molar-refractivity contribution in [1.29, 1.82) is 10.5 Å². The van der Waals surface area contributed by atoms with Gasteiger partial charge in [-0.05, 0) is 54.4 Å². The summed E-state index contributed by atoms with van der Waals surface area (Å²) >= 11 is 0. The topological polar surface area (TPSA) is 88.9 Å². The molecule has 0 bridgehead atoms. The minimum atomic E-state index is -0.430. The van der Waals surface area contributed by atoms with E-state index in [0.717, 1.165) is 11.1 Å². The molecule has 190 valence electrons. The summed E-state index contributed by atoms with van der Waals surface area (Å²) in [6, 6.07) is 19.5. The van der Waals surface area contributed by atoms with Crippen molar-refractivity contribution in [3.05, 3.63) is 105 Å². The maximum absolute atomic E-state index is 14.2. The Morgan fingerprint density at radius 1 is 0.974 bits per heavy atom. The number of anilines is 1. The normalized spacial score (nSPS) is 16.7. The van der Waals surface area contributed by atoms with Gasteiger partial charge in [-0.15, -0.1) is 0 Å². The van der Waals surface area contributed by atoms with Crippen LogP contribution < -0.4 is 10.5 Å². The molecule has 38 heavy (non-hydrogen) atoms. The lowest BCUT2D eigenvalue weighted by atomic mass is 9.94. The summed E-state index contributed by atoms with van der Waals surface area (Å²) < 4.78 is 29.3. The van der Waals surface area contributed by atoms with Crippen LogP contribution in [0.2, 0.25) is 0 Å². The van der Waals surface area contributed by atoms with Gasteiger partial charge >= 0.3 is 0 Å². The molecule has 2 atom stereocenters. The lowest BCUT2D eigenvalue weighted by molar-refractivity contribution is 0.150. The van der Waals surface area contributed by atoms with E-state index in [1.807, 2.05) is 24.0 Å². The van der Waals surface area contributed by atoms with Gasteiger partial charge in [0.2, 0.25) is 0 Å². The lowest BCUT2D eigenvalue weighted by Crippen LogP contribution is -2.53. The van der Waals surface area contributed by atoms with E-state index in [-0.39, 0.29) is 35.0 Å². The second-order valence-electron chi connectivity index (χ2n) is 9.42. The highest BCUT2D eigenvalue weighted by Gasteiger charge is 2.34. The zero-order valence-electron chi connectivity index (χ0n) is 20.9. The number of rotatable bonds is 4. The Morgan fingerprint density at radius 3 is 2.39 bits per heavy atom. The van der Waals surface area contributed by atoms with E-state index < -0.39 is 5.56 Å². The first-order valence-electron chi connectivity index (χ1n) is 12.2. The zero-order chi connectivity index (χ0) is 27.0. The van der Waals surface area contributed by atoms with Gasteiger partial charge in [0.25, 0.3) is 5.56 Å². The molecule has 0 spiro atoms. The second-order valence-corrected chi connectivity index (χ2v) is 9.42. The van der Waals surface area contributed by atoms with Gasteiger partial charge in [-0.1, -0.05) is 24.3 Å². The van der Waals surface area contributed by atoms with Crippen LogP contribution in [0, 0.1) is 34.3 Å². The third-order valence-corrected chi connectivity index (χ3v) is 7.12. The van der Waals surface area contributed by atoms with Gasteiger partial charge in [0.05, 0.1) is 17.2 Å². The summed E-state index contributed by atoms with van der Waals surface area (Å²) in [5, 5.41) is 19.4. The molecular formula is C29H24F2N6O. The average molecular weight is 511 g/mol. The minimum absolute atomic E-state index is 0.0246. The molecule has 1 fully saturated rings. The van der Waals surface area contributed by atoms with Crippen LogP contribution in [0.5, 0.6) is 0 Å². The molecule has 1 aliphatic heterocycles.